The van der Waals surface area contributed by atoms with E-state index in [1.54, 1.807) is 43.4 Å². The fourth-order valence-electron chi connectivity index (χ4n) is 3.81. The van der Waals surface area contributed by atoms with Crippen molar-refractivity contribution in [3.8, 4) is 17.2 Å². The van der Waals surface area contributed by atoms with E-state index < -0.39 is 11.5 Å². The number of morpholine rings is 1. The van der Waals surface area contributed by atoms with Crippen molar-refractivity contribution in [2.24, 2.45) is 5.73 Å². The van der Waals surface area contributed by atoms with Crippen LogP contribution in [0.25, 0.3) is 0 Å². The second kappa shape index (κ2) is 11.2. The molecule has 33 heavy (non-hydrogen) atoms. The summed E-state index contributed by atoms with van der Waals surface area (Å²) in [4.78, 5) is 26.5. The normalized spacial score (nSPS) is 18.0. The van der Waals surface area contributed by atoms with Gasteiger partial charge in [0.25, 0.3) is 0 Å². The number of carbonyl (C=O) groups excluding carboxylic acids is 2. The van der Waals surface area contributed by atoms with Gasteiger partial charge in [0.2, 0.25) is 11.8 Å². The van der Waals surface area contributed by atoms with Crippen LogP contribution >= 0.6 is 11.6 Å². The maximum Gasteiger partial charge on any atom is 0.223 e. The third-order valence-electron chi connectivity index (χ3n) is 5.49. The Morgan fingerprint density at radius 2 is 1.85 bits per heavy atom. The van der Waals surface area contributed by atoms with Gasteiger partial charge in [-0.1, -0.05) is 17.7 Å². The lowest BCUT2D eigenvalue weighted by atomic mass is 9.97. The van der Waals surface area contributed by atoms with Gasteiger partial charge in [-0.2, -0.15) is 0 Å². The minimum absolute atomic E-state index is 0.0339. The molecule has 1 atom stereocenters. The van der Waals surface area contributed by atoms with Crippen LogP contribution in [0.4, 0.5) is 0 Å². The van der Waals surface area contributed by atoms with Crippen LogP contribution in [0.1, 0.15) is 18.4 Å². The highest BCUT2D eigenvalue weighted by atomic mass is 35.5. The second-order valence-electron chi connectivity index (χ2n) is 7.92. The Hall–Kier alpha value is -2.97. The zero-order valence-electron chi connectivity index (χ0n) is 18.8. The maximum absolute atomic E-state index is 13.0. The van der Waals surface area contributed by atoms with Crippen LogP contribution in [0.5, 0.6) is 17.2 Å². The Morgan fingerprint density at radius 1 is 1.12 bits per heavy atom. The Kier molecular flexibility index (Phi) is 8.41. The van der Waals surface area contributed by atoms with Gasteiger partial charge < -0.3 is 29.6 Å². The van der Waals surface area contributed by atoms with E-state index in [0.29, 0.717) is 48.3 Å². The quantitative estimate of drug-likeness (QED) is 0.566. The average Bonchev–Trinajstić information content (AvgIpc) is 2.81. The predicted molar refractivity (Wildman–Crippen MR) is 124 cm³/mol. The van der Waals surface area contributed by atoms with E-state index in [1.165, 1.54) is 0 Å². The molecule has 2 N–H and O–H groups in total. The Labute approximate surface area is 198 Å². The van der Waals surface area contributed by atoms with Crippen LogP contribution in [0, 0.1) is 0 Å². The third kappa shape index (κ3) is 6.76. The molecule has 0 aromatic heterocycles. The minimum Gasteiger partial charge on any atom is -0.493 e. The number of amides is 2. The molecule has 2 aromatic carbocycles. The molecule has 1 saturated heterocycles. The number of ether oxygens (including phenoxy) is 4. The lowest BCUT2D eigenvalue weighted by molar-refractivity contribution is -0.161. The smallest absolute Gasteiger partial charge is 0.223 e. The summed E-state index contributed by atoms with van der Waals surface area (Å²) in [7, 11) is 3.15. The van der Waals surface area contributed by atoms with Crippen molar-refractivity contribution in [2.45, 2.75) is 24.9 Å². The summed E-state index contributed by atoms with van der Waals surface area (Å²) in [5.74, 6) is 1.29. The van der Waals surface area contributed by atoms with Gasteiger partial charge in [-0.25, -0.2) is 0 Å². The van der Waals surface area contributed by atoms with Crippen LogP contribution < -0.4 is 19.9 Å². The summed E-state index contributed by atoms with van der Waals surface area (Å²) < 4.78 is 22.4. The van der Waals surface area contributed by atoms with Gasteiger partial charge in [0, 0.05) is 18.0 Å². The van der Waals surface area contributed by atoms with Crippen LogP contribution in [0.2, 0.25) is 5.02 Å². The summed E-state index contributed by atoms with van der Waals surface area (Å²) in [6, 6.07) is 12.5. The molecule has 1 heterocycles. The summed E-state index contributed by atoms with van der Waals surface area (Å²) in [6.07, 6.45) is 0.793. The van der Waals surface area contributed by atoms with E-state index in [-0.39, 0.29) is 25.5 Å². The van der Waals surface area contributed by atoms with Gasteiger partial charge in [-0.05, 0) is 48.4 Å². The first-order valence-corrected chi connectivity index (χ1v) is 11.0. The fraction of sp³-hybridized carbons (Fsp3) is 0.417. The van der Waals surface area contributed by atoms with Crippen molar-refractivity contribution >= 4 is 23.4 Å². The number of hydrogen-bond acceptors (Lipinski definition) is 6. The van der Waals surface area contributed by atoms with Gasteiger partial charge in [-0.15, -0.1) is 0 Å². The van der Waals surface area contributed by atoms with Gasteiger partial charge in [-0.3, -0.25) is 9.59 Å². The fourth-order valence-corrected chi connectivity index (χ4v) is 3.94. The molecule has 1 unspecified atom stereocenters. The van der Waals surface area contributed by atoms with Crippen LogP contribution in [0.15, 0.2) is 42.5 Å². The zero-order chi connectivity index (χ0) is 23.8. The molecule has 1 aliphatic rings. The molecule has 0 spiro atoms. The number of nitrogens with zero attached hydrogens (tertiary/aromatic N) is 1. The molecular weight excluding hydrogens is 448 g/mol. The molecule has 0 saturated carbocycles. The average molecular weight is 477 g/mol. The lowest BCUT2D eigenvalue weighted by Crippen LogP contribution is -2.58. The standard InChI is InChI=1S/C24H29ClN2O6/c1-30-20-9-3-17(13-21(20)31-2)4-10-23(29)27-11-12-33-24(15-27,14-22(26)28)16-32-19-7-5-18(25)6-8-19/h3,5-9,13H,4,10-12,14-16H2,1-2H3,(H2,26,28). The number of methoxy groups -OCH3 is 2. The third-order valence-corrected chi connectivity index (χ3v) is 5.74. The number of rotatable bonds is 10. The predicted octanol–water partition coefficient (Wildman–Crippen LogP) is 2.84. The van der Waals surface area contributed by atoms with E-state index >= 15 is 0 Å². The maximum atomic E-state index is 13.0. The minimum atomic E-state index is -1.01. The summed E-state index contributed by atoms with van der Waals surface area (Å²) in [5.41, 5.74) is 5.44. The zero-order valence-corrected chi connectivity index (χ0v) is 19.6. The lowest BCUT2D eigenvalue weighted by Gasteiger charge is -2.42. The van der Waals surface area contributed by atoms with Gasteiger partial charge in [0.15, 0.2) is 11.5 Å². The summed E-state index contributed by atoms with van der Waals surface area (Å²) >= 11 is 5.92. The molecule has 0 radical (unpaired) electrons. The Bertz CT molecular complexity index is 968. The molecule has 3 rings (SSSR count). The molecule has 8 nitrogen and oxygen atoms in total. The van der Waals surface area contributed by atoms with E-state index in [2.05, 4.69) is 0 Å². The van der Waals surface area contributed by atoms with Crippen molar-refractivity contribution in [3.05, 3.63) is 53.1 Å². The van der Waals surface area contributed by atoms with E-state index in [4.69, 9.17) is 36.3 Å². The molecule has 2 aromatic rings. The van der Waals surface area contributed by atoms with E-state index in [9.17, 15) is 9.59 Å². The van der Waals surface area contributed by atoms with Gasteiger partial charge >= 0.3 is 0 Å². The van der Waals surface area contributed by atoms with E-state index in [0.717, 1.165) is 5.56 Å². The number of benzene rings is 2. The number of aryl methyl sites for hydroxylation is 1. The highest BCUT2D eigenvalue weighted by Crippen LogP contribution is 2.29. The molecule has 178 valence electrons. The monoisotopic (exact) mass is 476 g/mol. The number of nitrogens with two attached hydrogens (primary N) is 1. The second-order valence-corrected chi connectivity index (χ2v) is 8.36. The van der Waals surface area contributed by atoms with E-state index in [1.807, 2.05) is 18.2 Å². The van der Waals surface area contributed by atoms with Crippen molar-refractivity contribution in [1.29, 1.82) is 0 Å². The Morgan fingerprint density at radius 3 is 2.52 bits per heavy atom. The first-order chi connectivity index (χ1) is 15.8. The molecular formula is C24H29ClN2O6. The van der Waals surface area contributed by atoms with Gasteiger partial charge in [0.1, 0.15) is 18.0 Å². The molecule has 1 aliphatic heterocycles. The SMILES string of the molecule is COc1ccc(CCC(=O)N2CCOC(COc3ccc(Cl)cc3)(CC(N)=O)C2)cc1OC. The number of halogens is 1. The van der Waals surface area contributed by atoms with Gasteiger partial charge in [0.05, 0.1) is 33.8 Å². The molecule has 9 heteroatoms. The molecule has 2 amide bonds. The first-order valence-electron chi connectivity index (χ1n) is 10.6. The van der Waals surface area contributed by atoms with Crippen molar-refractivity contribution in [3.63, 3.8) is 0 Å². The molecule has 0 bridgehead atoms. The summed E-state index contributed by atoms with van der Waals surface area (Å²) in [6.45, 7) is 1.02. The Balaban J connectivity index is 1.64. The largest absolute Gasteiger partial charge is 0.493 e. The highest BCUT2D eigenvalue weighted by Gasteiger charge is 2.40. The molecule has 0 aliphatic carbocycles. The summed E-state index contributed by atoms with van der Waals surface area (Å²) in [5, 5.41) is 0.592. The number of carbonyl (C=O) groups is 2. The number of hydrogen-bond donors (Lipinski definition) is 1. The van der Waals surface area contributed by atoms with Crippen LogP contribution in [-0.4, -0.2) is 62.8 Å². The topological polar surface area (TPSA) is 100 Å². The van der Waals surface area contributed by atoms with Crippen LogP contribution in [-0.2, 0) is 20.7 Å². The van der Waals surface area contributed by atoms with Crippen molar-refractivity contribution < 1.29 is 28.5 Å². The van der Waals surface area contributed by atoms with Crippen molar-refractivity contribution in [2.75, 3.05) is 40.5 Å². The highest BCUT2D eigenvalue weighted by molar-refractivity contribution is 6.30. The molecule has 1 fully saturated rings. The van der Waals surface area contributed by atoms with Crippen LogP contribution in [0.3, 0.4) is 0 Å². The number of primary amides is 1. The van der Waals surface area contributed by atoms with Crippen molar-refractivity contribution in [1.82, 2.24) is 4.90 Å². The first kappa shape index (κ1) is 24.7.